The maximum atomic E-state index is 10.5. The largest absolute Gasteiger partial charge is 0.413 e. The summed E-state index contributed by atoms with van der Waals surface area (Å²) in [6.07, 6.45) is 2.86. The summed E-state index contributed by atoms with van der Waals surface area (Å²) < 4.78 is 6.51. The van der Waals surface area contributed by atoms with E-state index in [4.69, 9.17) is 4.43 Å². The lowest BCUT2D eigenvalue weighted by atomic mass is 9.93. The molecular formula is C20H35NO2Si. The number of piperidine rings is 1. The second kappa shape index (κ2) is 7.69. The van der Waals surface area contributed by atoms with Gasteiger partial charge in [0, 0.05) is 12.6 Å². The number of nitrogens with one attached hydrogen (secondary N) is 1. The first-order chi connectivity index (χ1) is 11.1. The number of aryl methyl sites for hydroxylation is 1. The third-order valence-corrected chi connectivity index (χ3v) is 10.3. The fourth-order valence-corrected chi connectivity index (χ4v) is 4.53. The number of aliphatic hydroxyl groups is 1. The molecule has 136 valence electrons. The van der Waals surface area contributed by atoms with Crippen molar-refractivity contribution in [1.29, 1.82) is 0 Å². The average molecular weight is 350 g/mol. The highest BCUT2D eigenvalue weighted by Gasteiger charge is 2.39. The van der Waals surface area contributed by atoms with Crippen LogP contribution in [0, 0.1) is 6.92 Å². The third kappa shape index (κ3) is 4.91. The van der Waals surface area contributed by atoms with E-state index in [1.54, 1.807) is 0 Å². The van der Waals surface area contributed by atoms with E-state index in [1.807, 2.05) is 18.2 Å². The van der Waals surface area contributed by atoms with Crippen molar-refractivity contribution in [2.75, 3.05) is 6.54 Å². The highest BCUT2D eigenvalue weighted by atomic mass is 28.4. The molecule has 2 N–H and O–H groups in total. The summed E-state index contributed by atoms with van der Waals surface area (Å²) in [5.74, 6) is 0. The summed E-state index contributed by atoms with van der Waals surface area (Å²) in [5, 5.41) is 14.4. The van der Waals surface area contributed by atoms with Crippen LogP contribution >= 0.6 is 0 Å². The summed E-state index contributed by atoms with van der Waals surface area (Å²) in [6, 6.07) is 8.50. The first-order valence-electron chi connectivity index (χ1n) is 9.25. The van der Waals surface area contributed by atoms with Gasteiger partial charge in [0.1, 0.15) is 0 Å². The molecule has 0 amide bonds. The number of rotatable bonds is 5. The van der Waals surface area contributed by atoms with Crippen LogP contribution in [0.25, 0.3) is 0 Å². The smallest absolute Gasteiger partial charge is 0.192 e. The van der Waals surface area contributed by atoms with E-state index < -0.39 is 8.32 Å². The minimum atomic E-state index is -1.70. The van der Waals surface area contributed by atoms with Crippen LogP contribution in [0.5, 0.6) is 0 Å². The van der Waals surface area contributed by atoms with Crippen molar-refractivity contribution in [3.8, 4) is 0 Å². The van der Waals surface area contributed by atoms with Crippen LogP contribution in [0.3, 0.4) is 0 Å². The summed E-state index contributed by atoms with van der Waals surface area (Å²) in [5.41, 5.74) is 2.22. The lowest BCUT2D eigenvalue weighted by Crippen LogP contribution is -2.50. The SMILES string of the molecule is Cc1ccccc1C(O)CC1CCC(O[Si](C)(C)C(C)(C)C)CN1. The second-order valence-corrected chi connectivity index (χ2v) is 13.5. The summed E-state index contributed by atoms with van der Waals surface area (Å²) in [7, 11) is -1.70. The van der Waals surface area contributed by atoms with E-state index in [2.05, 4.69) is 52.2 Å². The molecule has 0 aliphatic carbocycles. The maximum Gasteiger partial charge on any atom is 0.192 e. The molecule has 1 heterocycles. The predicted molar refractivity (Wildman–Crippen MR) is 104 cm³/mol. The van der Waals surface area contributed by atoms with Gasteiger partial charge in [0.15, 0.2) is 8.32 Å². The Balaban J connectivity index is 1.84. The van der Waals surface area contributed by atoms with E-state index in [9.17, 15) is 5.11 Å². The van der Waals surface area contributed by atoms with E-state index in [0.29, 0.717) is 12.1 Å². The van der Waals surface area contributed by atoms with E-state index >= 15 is 0 Å². The molecule has 0 radical (unpaired) electrons. The lowest BCUT2D eigenvalue weighted by Gasteiger charge is -2.41. The van der Waals surface area contributed by atoms with Gasteiger partial charge < -0.3 is 14.8 Å². The molecule has 1 aliphatic rings. The quantitative estimate of drug-likeness (QED) is 0.766. The van der Waals surface area contributed by atoms with Crippen LogP contribution in [-0.4, -0.2) is 32.1 Å². The highest BCUT2D eigenvalue weighted by Crippen LogP contribution is 2.38. The van der Waals surface area contributed by atoms with Gasteiger partial charge in [-0.05, 0) is 55.4 Å². The Hall–Kier alpha value is -0.683. The normalized spacial score (nSPS) is 24.0. The first-order valence-corrected chi connectivity index (χ1v) is 12.2. The zero-order valence-corrected chi connectivity index (χ0v) is 17.2. The Morgan fingerprint density at radius 2 is 1.92 bits per heavy atom. The van der Waals surface area contributed by atoms with Crippen molar-refractivity contribution < 1.29 is 9.53 Å². The molecule has 0 saturated carbocycles. The molecule has 2 rings (SSSR count). The van der Waals surface area contributed by atoms with Gasteiger partial charge in [0.25, 0.3) is 0 Å². The van der Waals surface area contributed by atoms with Gasteiger partial charge in [-0.1, -0.05) is 45.0 Å². The minimum absolute atomic E-state index is 0.255. The number of hydrogen-bond acceptors (Lipinski definition) is 3. The number of hydrogen-bond donors (Lipinski definition) is 2. The average Bonchev–Trinajstić information content (AvgIpc) is 2.48. The Morgan fingerprint density at radius 1 is 1.25 bits per heavy atom. The van der Waals surface area contributed by atoms with Gasteiger partial charge in [-0.3, -0.25) is 0 Å². The van der Waals surface area contributed by atoms with Crippen LogP contribution in [0.1, 0.15) is 57.3 Å². The van der Waals surface area contributed by atoms with E-state index in [-0.39, 0.29) is 11.1 Å². The molecule has 3 atom stereocenters. The molecule has 1 aromatic rings. The number of aliphatic hydroxyl groups excluding tert-OH is 1. The van der Waals surface area contributed by atoms with Crippen LogP contribution in [0.15, 0.2) is 24.3 Å². The Bertz CT molecular complexity index is 531. The molecular weight excluding hydrogens is 314 g/mol. The van der Waals surface area contributed by atoms with Crippen molar-refractivity contribution >= 4 is 8.32 Å². The summed E-state index contributed by atoms with van der Waals surface area (Å²) in [6.45, 7) is 14.5. The van der Waals surface area contributed by atoms with E-state index in [1.165, 1.54) is 5.56 Å². The lowest BCUT2D eigenvalue weighted by molar-refractivity contribution is 0.104. The standard InChI is InChI=1S/C20H35NO2Si/c1-15-9-7-8-10-18(15)19(22)13-16-11-12-17(14-21-16)23-24(5,6)20(2,3)4/h7-10,16-17,19,21-22H,11-14H2,1-6H3. The molecule has 1 aliphatic heterocycles. The van der Waals surface area contributed by atoms with Crippen LogP contribution in [0.4, 0.5) is 0 Å². The zero-order chi connectivity index (χ0) is 18.0. The molecule has 1 aromatic carbocycles. The topological polar surface area (TPSA) is 41.5 Å². The molecule has 4 heteroatoms. The third-order valence-electron chi connectivity index (χ3n) is 5.79. The fraction of sp³-hybridized carbons (Fsp3) is 0.700. The fourth-order valence-electron chi connectivity index (χ4n) is 3.14. The van der Waals surface area contributed by atoms with Gasteiger partial charge in [0.2, 0.25) is 0 Å². The minimum Gasteiger partial charge on any atom is -0.413 e. The molecule has 3 unspecified atom stereocenters. The van der Waals surface area contributed by atoms with Crippen LogP contribution in [-0.2, 0) is 4.43 Å². The molecule has 0 spiro atoms. The zero-order valence-electron chi connectivity index (χ0n) is 16.2. The first kappa shape index (κ1) is 19.6. The second-order valence-electron chi connectivity index (χ2n) is 8.79. The summed E-state index contributed by atoms with van der Waals surface area (Å²) in [4.78, 5) is 0. The van der Waals surface area contributed by atoms with Crippen molar-refractivity contribution in [3.63, 3.8) is 0 Å². The predicted octanol–water partition coefficient (Wildman–Crippen LogP) is 4.56. The molecule has 0 bridgehead atoms. The number of benzene rings is 1. The Kier molecular flexibility index (Phi) is 6.29. The van der Waals surface area contributed by atoms with Crippen molar-refractivity contribution in [1.82, 2.24) is 5.32 Å². The van der Waals surface area contributed by atoms with Crippen molar-refractivity contribution in [3.05, 3.63) is 35.4 Å². The molecule has 1 saturated heterocycles. The van der Waals surface area contributed by atoms with Crippen molar-refractivity contribution in [2.24, 2.45) is 0 Å². The molecule has 1 fully saturated rings. The molecule has 24 heavy (non-hydrogen) atoms. The Morgan fingerprint density at radius 3 is 2.46 bits per heavy atom. The van der Waals surface area contributed by atoms with E-state index in [0.717, 1.165) is 31.4 Å². The van der Waals surface area contributed by atoms with Gasteiger partial charge in [-0.2, -0.15) is 0 Å². The molecule has 3 nitrogen and oxygen atoms in total. The van der Waals surface area contributed by atoms with Crippen LogP contribution in [0.2, 0.25) is 18.1 Å². The van der Waals surface area contributed by atoms with Crippen LogP contribution < -0.4 is 5.32 Å². The Labute approximate surface area is 148 Å². The van der Waals surface area contributed by atoms with Gasteiger partial charge >= 0.3 is 0 Å². The van der Waals surface area contributed by atoms with Gasteiger partial charge in [0.05, 0.1) is 12.2 Å². The summed E-state index contributed by atoms with van der Waals surface area (Å²) >= 11 is 0. The molecule has 0 aromatic heterocycles. The van der Waals surface area contributed by atoms with Gasteiger partial charge in [-0.15, -0.1) is 0 Å². The van der Waals surface area contributed by atoms with Crippen molar-refractivity contribution in [2.45, 2.75) is 83.3 Å². The van der Waals surface area contributed by atoms with Gasteiger partial charge in [-0.25, -0.2) is 0 Å². The maximum absolute atomic E-state index is 10.5. The monoisotopic (exact) mass is 349 g/mol. The highest BCUT2D eigenvalue weighted by molar-refractivity contribution is 6.74.